The Kier molecular flexibility index (Phi) is 8.42. The molecule has 0 saturated heterocycles. The van der Waals surface area contributed by atoms with Crippen LogP contribution in [0.2, 0.25) is 0 Å². The second kappa shape index (κ2) is 11.5. The van der Waals surface area contributed by atoms with Crippen LogP contribution >= 0.6 is 0 Å². The van der Waals surface area contributed by atoms with Gasteiger partial charge in [0.2, 0.25) is 5.75 Å². The second-order valence-electron chi connectivity index (χ2n) is 8.96. The summed E-state index contributed by atoms with van der Waals surface area (Å²) in [6, 6.07) is 7.17. The van der Waals surface area contributed by atoms with Crippen LogP contribution in [0.1, 0.15) is 24.5 Å². The number of halogens is 11. The van der Waals surface area contributed by atoms with Crippen LogP contribution in [0.5, 0.6) is 11.5 Å². The van der Waals surface area contributed by atoms with E-state index in [1.54, 1.807) is 0 Å². The van der Waals surface area contributed by atoms with Crippen LogP contribution in [-0.2, 0) is 12.5 Å². The maximum absolute atomic E-state index is 14.9. The summed E-state index contributed by atoms with van der Waals surface area (Å²) in [6.07, 6.45) is -8.89. The van der Waals surface area contributed by atoms with E-state index in [1.165, 1.54) is 12.1 Å². The molecule has 0 fully saturated rings. The third-order valence-corrected chi connectivity index (χ3v) is 5.93. The van der Waals surface area contributed by atoms with E-state index in [0.717, 1.165) is 6.07 Å². The van der Waals surface area contributed by atoms with Crippen molar-refractivity contribution in [2.45, 2.75) is 32.2 Å². The van der Waals surface area contributed by atoms with Gasteiger partial charge in [0.25, 0.3) is 0 Å². The fourth-order valence-electron chi connectivity index (χ4n) is 4.16. The third-order valence-electron chi connectivity index (χ3n) is 5.93. The Hall–Kier alpha value is -4.29. The van der Waals surface area contributed by atoms with Gasteiger partial charge in [-0.05, 0) is 65.6 Å². The molecule has 0 aliphatic rings. The highest BCUT2D eigenvalue weighted by atomic mass is 19.4. The number of ether oxygens (including phenoxy) is 2. The molecular formula is C29H17F11O2. The highest BCUT2D eigenvalue weighted by Gasteiger charge is 2.41. The molecule has 0 bridgehead atoms. The van der Waals surface area contributed by atoms with Crippen molar-refractivity contribution in [2.75, 3.05) is 0 Å². The van der Waals surface area contributed by atoms with Gasteiger partial charge in [0.05, 0.1) is 0 Å². The van der Waals surface area contributed by atoms with Crippen molar-refractivity contribution in [3.63, 3.8) is 0 Å². The molecular weight excluding hydrogens is 589 g/mol. The molecule has 0 saturated carbocycles. The van der Waals surface area contributed by atoms with Gasteiger partial charge >= 0.3 is 12.5 Å². The first-order chi connectivity index (χ1) is 19.6. The first-order valence-electron chi connectivity index (χ1n) is 12.0. The standard InChI is InChI=1S/C29H17F11O2/c1-2-3-14-4-6-18(20(30)8-14)15-9-22(32)26(23(33)10-15)28(36,37)41-17-5-7-19(21(31)13-17)16-11-24(34)27(25(35)12-16)42-29(38,39)40/h4-13H,2-3H2,1H3. The molecule has 4 rings (SSSR count). The van der Waals surface area contributed by atoms with Crippen molar-refractivity contribution in [3.8, 4) is 33.8 Å². The molecule has 0 unspecified atom stereocenters. The van der Waals surface area contributed by atoms with Crippen LogP contribution in [0, 0.1) is 34.9 Å². The molecule has 0 aromatic heterocycles. The molecule has 222 valence electrons. The number of hydrogen-bond acceptors (Lipinski definition) is 2. The van der Waals surface area contributed by atoms with Crippen molar-refractivity contribution in [3.05, 3.63) is 107 Å². The van der Waals surface area contributed by atoms with Crippen LogP contribution in [0.4, 0.5) is 48.3 Å². The Morgan fingerprint density at radius 2 is 1.07 bits per heavy atom. The van der Waals surface area contributed by atoms with E-state index in [-0.39, 0.29) is 11.1 Å². The SMILES string of the molecule is CCCc1ccc(-c2cc(F)c(C(F)(F)Oc3ccc(-c4cc(F)c(OC(F)(F)F)c(F)c4)c(F)c3)c(F)c2)c(F)c1. The number of hydrogen-bond donors (Lipinski definition) is 0. The molecule has 2 nitrogen and oxygen atoms in total. The number of rotatable bonds is 8. The molecule has 4 aromatic carbocycles. The Balaban J connectivity index is 1.61. The molecule has 0 amide bonds. The van der Waals surface area contributed by atoms with E-state index in [9.17, 15) is 48.3 Å². The highest BCUT2D eigenvalue weighted by Crippen LogP contribution is 2.39. The minimum atomic E-state index is -5.42. The Labute approximate surface area is 230 Å². The molecule has 0 heterocycles. The Bertz CT molecular complexity index is 1580. The number of aryl methyl sites for hydroxylation is 1. The van der Waals surface area contributed by atoms with E-state index in [0.29, 0.717) is 60.9 Å². The summed E-state index contributed by atoms with van der Waals surface area (Å²) in [4.78, 5) is 0. The summed E-state index contributed by atoms with van der Waals surface area (Å²) in [5.74, 6) is -12.3. The van der Waals surface area contributed by atoms with Gasteiger partial charge in [-0.1, -0.05) is 25.5 Å². The summed E-state index contributed by atoms with van der Waals surface area (Å²) in [6.45, 7) is 1.86. The highest BCUT2D eigenvalue weighted by molar-refractivity contribution is 5.67. The Morgan fingerprint density at radius 3 is 1.55 bits per heavy atom. The normalized spacial score (nSPS) is 12.0. The lowest BCUT2D eigenvalue weighted by Crippen LogP contribution is -2.25. The van der Waals surface area contributed by atoms with Crippen molar-refractivity contribution in [2.24, 2.45) is 0 Å². The second-order valence-corrected chi connectivity index (χ2v) is 8.96. The summed E-state index contributed by atoms with van der Waals surface area (Å²) in [5.41, 5.74) is -3.12. The minimum Gasteiger partial charge on any atom is -0.429 e. The lowest BCUT2D eigenvalue weighted by atomic mass is 9.99. The van der Waals surface area contributed by atoms with Crippen molar-refractivity contribution >= 4 is 0 Å². The maximum atomic E-state index is 14.9. The zero-order chi connectivity index (χ0) is 31.0. The molecule has 0 aliphatic carbocycles. The van der Waals surface area contributed by atoms with Crippen LogP contribution in [0.25, 0.3) is 22.3 Å². The van der Waals surface area contributed by atoms with Gasteiger partial charge in [-0.3, -0.25) is 0 Å². The molecule has 0 spiro atoms. The van der Waals surface area contributed by atoms with Gasteiger partial charge in [0, 0.05) is 17.2 Å². The third kappa shape index (κ3) is 6.60. The molecule has 0 aliphatic heterocycles. The van der Waals surface area contributed by atoms with Gasteiger partial charge in [-0.25, -0.2) is 26.3 Å². The van der Waals surface area contributed by atoms with Crippen molar-refractivity contribution in [1.29, 1.82) is 0 Å². The predicted octanol–water partition coefficient (Wildman–Crippen LogP) is 9.83. The molecule has 0 N–H and O–H groups in total. The number of alkyl halides is 5. The quantitative estimate of drug-likeness (QED) is 0.186. The average molecular weight is 606 g/mol. The Morgan fingerprint density at radius 1 is 0.571 bits per heavy atom. The van der Waals surface area contributed by atoms with E-state index < -0.39 is 75.6 Å². The topological polar surface area (TPSA) is 18.5 Å². The van der Waals surface area contributed by atoms with Crippen LogP contribution in [-0.4, -0.2) is 6.36 Å². The molecule has 13 heteroatoms. The van der Waals surface area contributed by atoms with Gasteiger partial charge in [-0.2, -0.15) is 8.78 Å². The van der Waals surface area contributed by atoms with Gasteiger partial charge in [0.15, 0.2) is 11.6 Å². The van der Waals surface area contributed by atoms with Crippen LogP contribution in [0.15, 0.2) is 60.7 Å². The molecule has 4 aromatic rings. The molecule has 42 heavy (non-hydrogen) atoms. The van der Waals surface area contributed by atoms with E-state index in [1.807, 2.05) is 6.92 Å². The fraction of sp³-hybridized carbons (Fsp3) is 0.172. The van der Waals surface area contributed by atoms with Gasteiger partial charge in [-0.15, -0.1) is 13.2 Å². The van der Waals surface area contributed by atoms with Gasteiger partial charge in [0.1, 0.15) is 34.6 Å². The van der Waals surface area contributed by atoms with E-state index >= 15 is 0 Å². The lowest BCUT2D eigenvalue weighted by molar-refractivity contribution is -0.276. The molecule has 0 radical (unpaired) electrons. The number of benzene rings is 4. The summed E-state index contributed by atoms with van der Waals surface area (Å²) >= 11 is 0. The maximum Gasteiger partial charge on any atom is 0.573 e. The zero-order valence-corrected chi connectivity index (χ0v) is 21.2. The fourth-order valence-corrected chi connectivity index (χ4v) is 4.16. The van der Waals surface area contributed by atoms with Crippen molar-refractivity contribution in [1.82, 2.24) is 0 Å². The summed E-state index contributed by atoms with van der Waals surface area (Å²) < 4.78 is 161. The first kappa shape index (κ1) is 30.7. The smallest absolute Gasteiger partial charge is 0.429 e. The largest absolute Gasteiger partial charge is 0.573 e. The van der Waals surface area contributed by atoms with Gasteiger partial charge < -0.3 is 9.47 Å². The monoisotopic (exact) mass is 606 g/mol. The first-order valence-corrected chi connectivity index (χ1v) is 12.0. The minimum absolute atomic E-state index is 0.244. The van der Waals surface area contributed by atoms with Crippen LogP contribution < -0.4 is 9.47 Å². The molecule has 0 atom stereocenters. The summed E-state index contributed by atoms with van der Waals surface area (Å²) in [5, 5.41) is 0. The van der Waals surface area contributed by atoms with E-state index in [4.69, 9.17) is 0 Å². The summed E-state index contributed by atoms with van der Waals surface area (Å²) in [7, 11) is 0. The predicted molar refractivity (Wildman–Crippen MR) is 129 cm³/mol. The average Bonchev–Trinajstić information content (AvgIpc) is 2.85. The zero-order valence-electron chi connectivity index (χ0n) is 21.2. The van der Waals surface area contributed by atoms with E-state index in [2.05, 4.69) is 9.47 Å². The van der Waals surface area contributed by atoms with Crippen molar-refractivity contribution < 1.29 is 57.8 Å². The van der Waals surface area contributed by atoms with Crippen LogP contribution in [0.3, 0.4) is 0 Å². The lowest BCUT2D eigenvalue weighted by Gasteiger charge is -2.20.